The zero-order chi connectivity index (χ0) is 18.4. The highest BCUT2D eigenvalue weighted by Crippen LogP contribution is 2.24. The number of rotatable bonds is 8. The molecule has 6 heteroatoms. The highest BCUT2D eigenvalue weighted by molar-refractivity contribution is 5.91. The van der Waals surface area contributed by atoms with Gasteiger partial charge in [0.2, 0.25) is 5.91 Å². The van der Waals surface area contributed by atoms with Gasteiger partial charge in [0.25, 0.3) is 0 Å². The zero-order valence-electron chi connectivity index (χ0n) is 15.6. The number of halogens is 1. The van der Waals surface area contributed by atoms with E-state index in [9.17, 15) is 4.79 Å². The monoisotopic (exact) mass is 386 g/mol. The number of amides is 1. The van der Waals surface area contributed by atoms with Crippen LogP contribution in [0, 0.1) is 0 Å². The average Bonchev–Trinajstić information content (AvgIpc) is 2.99. The number of carbonyl (C=O) groups excluding carboxylic acids is 1. The molecule has 0 aliphatic carbocycles. The Kier molecular flexibility index (Phi) is 7.82. The maximum atomic E-state index is 12.0. The summed E-state index contributed by atoms with van der Waals surface area (Å²) in [6, 6.07) is 15.9. The van der Waals surface area contributed by atoms with E-state index in [1.165, 1.54) is 0 Å². The summed E-state index contributed by atoms with van der Waals surface area (Å²) in [5, 5.41) is 2.96. The van der Waals surface area contributed by atoms with Crippen LogP contribution >= 0.6 is 12.4 Å². The Balaban J connectivity index is 0.00000261. The van der Waals surface area contributed by atoms with Crippen LogP contribution in [0.2, 0.25) is 0 Å². The smallest absolute Gasteiger partial charge is 0.224 e. The molecule has 0 bridgehead atoms. The summed E-state index contributed by atoms with van der Waals surface area (Å²) in [6.45, 7) is 0.726. The summed E-state index contributed by atoms with van der Waals surface area (Å²) < 4.78 is 2.09. The molecule has 0 atom stereocenters. The number of carbonyl (C=O) groups is 1. The summed E-state index contributed by atoms with van der Waals surface area (Å²) in [7, 11) is 2.02. The first-order valence-electron chi connectivity index (χ1n) is 9.21. The van der Waals surface area contributed by atoms with E-state index in [0.717, 1.165) is 60.3 Å². The molecule has 1 heterocycles. The van der Waals surface area contributed by atoms with Gasteiger partial charge in [0.1, 0.15) is 5.82 Å². The molecule has 0 saturated heterocycles. The van der Waals surface area contributed by atoms with Crippen LogP contribution in [0.25, 0.3) is 22.4 Å². The third-order valence-corrected chi connectivity index (χ3v) is 4.57. The Morgan fingerprint density at radius 3 is 2.44 bits per heavy atom. The number of para-hydroxylation sites is 2. The number of aryl methyl sites for hydroxylation is 1. The molecule has 0 aliphatic heterocycles. The van der Waals surface area contributed by atoms with Crippen LogP contribution in [-0.4, -0.2) is 22.0 Å². The molecule has 3 aromatic rings. The third kappa shape index (κ3) is 5.31. The van der Waals surface area contributed by atoms with Gasteiger partial charge in [-0.2, -0.15) is 0 Å². The van der Waals surface area contributed by atoms with Gasteiger partial charge in [-0.05, 0) is 55.8 Å². The van der Waals surface area contributed by atoms with E-state index < -0.39 is 0 Å². The van der Waals surface area contributed by atoms with E-state index in [2.05, 4.69) is 16.0 Å². The minimum absolute atomic E-state index is 0. The molecule has 0 unspecified atom stereocenters. The molecule has 0 fully saturated rings. The fourth-order valence-corrected chi connectivity index (χ4v) is 3.11. The molecule has 27 heavy (non-hydrogen) atoms. The lowest BCUT2D eigenvalue weighted by Crippen LogP contribution is -2.11. The first-order chi connectivity index (χ1) is 12.7. The number of nitrogens with two attached hydrogens (primary N) is 1. The topological polar surface area (TPSA) is 72.9 Å². The number of hydrogen-bond acceptors (Lipinski definition) is 3. The van der Waals surface area contributed by atoms with Crippen LogP contribution < -0.4 is 11.1 Å². The normalized spacial score (nSPS) is 10.6. The Labute approximate surface area is 166 Å². The summed E-state index contributed by atoms with van der Waals surface area (Å²) >= 11 is 0. The van der Waals surface area contributed by atoms with Crippen molar-refractivity contribution in [2.24, 2.45) is 12.8 Å². The predicted molar refractivity (Wildman–Crippen MR) is 114 cm³/mol. The van der Waals surface area contributed by atoms with Gasteiger partial charge in [-0.3, -0.25) is 4.79 Å². The second kappa shape index (κ2) is 10.1. The van der Waals surface area contributed by atoms with Gasteiger partial charge < -0.3 is 15.6 Å². The molecular formula is C21H27ClN4O. The standard InChI is InChI=1S/C21H26N4O.ClH/c1-25-19-9-6-5-8-18(19)24-21(25)16-11-13-17(14-12-16)23-20(26)10-4-2-3-7-15-22;/h5-6,8-9,11-14H,2-4,7,10,15,22H2,1H3,(H,23,26);1H. The summed E-state index contributed by atoms with van der Waals surface area (Å²) in [5.41, 5.74) is 9.41. The number of imidazole rings is 1. The number of aromatic nitrogens is 2. The second-order valence-corrected chi connectivity index (χ2v) is 6.56. The number of unbranched alkanes of at least 4 members (excludes halogenated alkanes) is 3. The fourth-order valence-electron chi connectivity index (χ4n) is 3.11. The zero-order valence-corrected chi connectivity index (χ0v) is 16.5. The Morgan fingerprint density at radius 2 is 1.74 bits per heavy atom. The van der Waals surface area contributed by atoms with Crippen molar-refractivity contribution in [3.63, 3.8) is 0 Å². The van der Waals surface area contributed by atoms with Crippen molar-refractivity contribution in [2.45, 2.75) is 32.1 Å². The number of hydrogen-bond donors (Lipinski definition) is 2. The van der Waals surface area contributed by atoms with Crippen molar-refractivity contribution in [2.75, 3.05) is 11.9 Å². The Hall–Kier alpha value is -2.37. The molecule has 0 spiro atoms. The summed E-state index contributed by atoms with van der Waals surface area (Å²) in [6.07, 6.45) is 4.64. The Bertz CT molecular complexity index is 874. The maximum Gasteiger partial charge on any atom is 0.224 e. The lowest BCUT2D eigenvalue weighted by molar-refractivity contribution is -0.116. The van der Waals surface area contributed by atoms with E-state index in [0.29, 0.717) is 6.42 Å². The molecule has 144 valence electrons. The van der Waals surface area contributed by atoms with Crippen molar-refractivity contribution in [3.8, 4) is 11.4 Å². The van der Waals surface area contributed by atoms with E-state index >= 15 is 0 Å². The third-order valence-electron chi connectivity index (χ3n) is 4.57. The molecule has 0 radical (unpaired) electrons. The minimum Gasteiger partial charge on any atom is -0.330 e. The highest BCUT2D eigenvalue weighted by atomic mass is 35.5. The molecule has 0 saturated carbocycles. The van der Waals surface area contributed by atoms with Gasteiger partial charge in [-0.1, -0.05) is 25.0 Å². The molecule has 3 rings (SSSR count). The summed E-state index contributed by atoms with van der Waals surface area (Å²) in [5.74, 6) is 0.984. The first-order valence-corrected chi connectivity index (χ1v) is 9.21. The molecular weight excluding hydrogens is 360 g/mol. The van der Waals surface area contributed by atoms with Crippen LogP contribution in [0.4, 0.5) is 5.69 Å². The Morgan fingerprint density at radius 1 is 1.04 bits per heavy atom. The van der Waals surface area contributed by atoms with Gasteiger partial charge in [0.15, 0.2) is 0 Å². The van der Waals surface area contributed by atoms with Crippen LogP contribution in [0.3, 0.4) is 0 Å². The van der Waals surface area contributed by atoms with Gasteiger partial charge >= 0.3 is 0 Å². The molecule has 0 aliphatic rings. The maximum absolute atomic E-state index is 12.0. The number of fused-ring (bicyclic) bond motifs is 1. The molecule has 2 aromatic carbocycles. The van der Waals surface area contributed by atoms with Gasteiger partial charge in [-0.15, -0.1) is 12.4 Å². The predicted octanol–water partition coefficient (Wildman–Crippen LogP) is 4.51. The number of nitrogens with one attached hydrogen (secondary N) is 1. The lowest BCUT2D eigenvalue weighted by Gasteiger charge is -2.07. The van der Waals surface area contributed by atoms with E-state index in [1.54, 1.807) is 0 Å². The number of anilines is 1. The van der Waals surface area contributed by atoms with Crippen molar-refractivity contribution in [3.05, 3.63) is 48.5 Å². The quantitative estimate of drug-likeness (QED) is 0.559. The summed E-state index contributed by atoms with van der Waals surface area (Å²) in [4.78, 5) is 16.7. The van der Waals surface area contributed by atoms with Crippen molar-refractivity contribution in [1.82, 2.24) is 9.55 Å². The molecule has 3 N–H and O–H groups in total. The van der Waals surface area contributed by atoms with Crippen molar-refractivity contribution >= 4 is 35.0 Å². The number of benzene rings is 2. The highest BCUT2D eigenvalue weighted by Gasteiger charge is 2.09. The van der Waals surface area contributed by atoms with Gasteiger partial charge in [0, 0.05) is 24.7 Å². The number of nitrogens with zero attached hydrogens (tertiary/aromatic N) is 2. The lowest BCUT2D eigenvalue weighted by atomic mass is 10.1. The van der Waals surface area contributed by atoms with Crippen LogP contribution in [-0.2, 0) is 11.8 Å². The largest absolute Gasteiger partial charge is 0.330 e. The van der Waals surface area contributed by atoms with E-state index in [4.69, 9.17) is 10.7 Å². The first kappa shape index (κ1) is 20.9. The molecule has 1 aromatic heterocycles. The second-order valence-electron chi connectivity index (χ2n) is 6.56. The van der Waals surface area contributed by atoms with Crippen molar-refractivity contribution in [1.29, 1.82) is 0 Å². The molecule has 5 nitrogen and oxygen atoms in total. The fraction of sp³-hybridized carbons (Fsp3) is 0.333. The van der Waals surface area contributed by atoms with Crippen LogP contribution in [0.5, 0.6) is 0 Å². The minimum atomic E-state index is 0. The SMILES string of the molecule is Cl.Cn1c(-c2ccc(NC(=O)CCCCCCN)cc2)nc2ccccc21. The van der Waals surface area contributed by atoms with E-state index in [-0.39, 0.29) is 18.3 Å². The van der Waals surface area contributed by atoms with Gasteiger partial charge in [0.05, 0.1) is 11.0 Å². The van der Waals surface area contributed by atoms with Crippen molar-refractivity contribution < 1.29 is 4.79 Å². The molecule has 1 amide bonds. The van der Waals surface area contributed by atoms with Crippen LogP contribution in [0.15, 0.2) is 48.5 Å². The average molecular weight is 387 g/mol. The van der Waals surface area contributed by atoms with Crippen LogP contribution in [0.1, 0.15) is 32.1 Å². The van der Waals surface area contributed by atoms with Gasteiger partial charge in [-0.25, -0.2) is 4.98 Å². The van der Waals surface area contributed by atoms with E-state index in [1.807, 2.05) is 49.5 Å².